The third kappa shape index (κ3) is 4.61. The summed E-state index contributed by atoms with van der Waals surface area (Å²) in [5.74, 6) is -0.0986. The molecule has 0 aliphatic carbocycles. The molecule has 0 aromatic heterocycles. The zero-order valence-corrected chi connectivity index (χ0v) is 15.9. The lowest BCUT2D eigenvalue weighted by Crippen LogP contribution is -2.41. The van der Waals surface area contributed by atoms with Crippen LogP contribution in [-0.4, -0.2) is 29.8 Å². The van der Waals surface area contributed by atoms with Crippen LogP contribution < -0.4 is 5.32 Å². The van der Waals surface area contributed by atoms with Crippen molar-refractivity contribution in [2.24, 2.45) is 5.92 Å². The number of carbonyl (C=O) groups is 2. The molecule has 3 rings (SSSR count). The molecular formula is C19H18BrClN2O2. The Morgan fingerprint density at radius 2 is 1.76 bits per heavy atom. The molecule has 4 nitrogen and oxygen atoms in total. The predicted molar refractivity (Wildman–Crippen MR) is 103 cm³/mol. The van der Waals surface area contributed by atoms with E-state index in [1.807, 2.05) is 24.3 Å². The lowest BCUT2D eigenvalue weighted by Gasteiger charge is -2.31. The molecule has 1 heterocycles. The van der Waals surface area contributed by atoms with Crippen LogP contribution in [0.4, 0.5) is 5.69 Å². The average molecular weight is 422 g/mol. The molecule has 2 aromatic carbocycles. The van der Waals surface area contributed by atoms with E-state index >= 15 is 0 Å². The monoisotopic (exact) mass is 420 g/mol. The first-order chi connectivity index (χ1) is 12.0. The number of nitrogens with one attached hydrogen (secondary N) is 1. The zero-order chi connectivity index (χ0) is 17.8. The summed E-state index contributed by atoms with van der Waals surface area (Å²) >= 11 is 9.33. The molecule has 1 fully saturated rings. The van der Waals surface area contributed by atoms with Gasteiger partial charge in [-0.1, -0.05) is 33.6 Å². The van der Waals surface area contributed by atoms with Crippen LogP contribution in [0, 0.1) is 5.92 Å². The second kappa shape index (κ2) is 8.02. The van der Waals surface area contributed by atoms with E-state index in [9.17, 15) is 9.59 Å². The van der Waals surface area contributed by atoms with Crippen LogP contribution in [0.25, 0.3) is 0 Å². The second-order valence-electron chi connectivity index (χ2n) is 6.07. The van der Waals surface area contributed by atoms with Crippen LogP contribution in [0.2, 0.25) is 5.02 Å². The van der Waals surface area contributed by atoms with Gasteiger partial charge in [0.1, 0.15) is 0 Å². The standard InChI is InChI=1S/C19H18BrClN2O2/c20-15-4-6-17(7-5-15)22-18(24)13-8-10-23(11-9-13)19(25)14-2-1-3-16(21)12-14/h1-7,12-13H,8-11H2,(H,22,24). The Kier molecular flexibility index (Phi) is 5.76. The maximum atomic E-state index is 12.5. The van der Waals surface area contributed by atoms with E-state index in [2.05, 4.69) is 21.2 Å². The van der Waals surface area contributed by atoms with Gasteiger partial charge in [0.15, 0.2) is 0 Å². The third-order valence-electron chi connectivity index (χ3n) is 4.34. The first-order valence-electron chi connectivity index (χ1n) is 8.14. The van der Waals surface area contributed by atoms with Gasteiger partial charge in [-0.3, -0.25) is 9.59 Å². The van der Waals surface area contributed by atoms with Crippen LogP contribution in [0.15, 0.2) is 53.0 Å². The topological polar surface area (TPSA) is 49.4 Å². The van der Waals surface area contributed by atoms with Crippen molar-refractivity contribution in [1.82, 2.24) is 4.90 Å². The third-order valence-corrected chi connectivity index (χ3v) is 5.10. The molecule has 0 radical (unpaired) electrons. The smallest absolute Gasteiger partial charge is 0.253 e. The fraction of sp³-hybridized carbons (Fsp3) is 0.263. The molecule has 130 valence electrons. The van der Waals surface area contributed by atoms with Crippen molar-refractivity contribution in [1.29, 1.82) is 0 Å². The number of piperidine rings is 1. The largest absolute Gasteiger partial charge is 0.339 e. The van der Waals surface area contributed by atoms with Gasteiger partial charge >= 0.3 is 0 Å². The summed E-state index contributed by atoms with van der Waals surface area (Å²) in [4.78, 5) is 26.7. The number of anilines is 1. The van der Waals surface area contributed by atoms with Gasteiger partial charge in [-0.25, -0.2) is 0 Å². The van der Waals surface area contributed by atoms with E-state index in [0.29, 0.717) is 36.5 Å². The van der Waals surface area contributed by atoms with Gasteiger partial charge in [-0.05, 0) is 55.3 Å². The van der Waals surface area contributed by atoms with E-state index in [-0.39, 0.29) is 17.7 Å². The van der Waals surface area contributed by atoms with Crippen molar-refractivity contribution in [2.75, 3.05) is 18.4 Å². The van der Waals surface area contributed by atoms with Gasteiger partial charge < -0.3 is 10.2 Å². The van der Waals surface area contributed by atoms with Gasteiger partial charge in [0.2, 0.25) is 5.91 Å². The Hall–Kier alpha value is -1.85. The normalized spacial score (nSPS) is 15.0. The molecule has 0 spiro atoms. The van der Waals surface area contributed by atoms with E-state index in [1.54, 1.807) is 29.2 Å². The average Bonchev–Trinajstić information content (AvgIpc) is 2.63. The lowest BCUT2D eigenvalue weighted by molar-refractivity contribution is -0.121. The quantitative estimate of drug-likeness (QED) is 0.788. The van der Waals surface area contributed by atoms with Crippen molar-refractivity contribution in [2.45, 2.75) is 12.8 Å². The summed E-state index contributed by atoms with van der Waals surface area (Å²) in [7, 11) is 0. The molecule has 25 heavy (non-hydrogen) atoms. The van der Waals surface area contributed by atoms with Gasteiger partial charge in [0.25, 0.3) is 5.91 Å². The molecule has 1 saturated heterocycles. The highest BCUT2D eigenvalue weighted by molar-refractivity contribution is 9.10. The minimum Gasteiger partial charge on any atom is -0.339 e. The number of amides is 2. The van der Waals surface area contributed by atoms with Gasteiger partial charge in [0, 0.05) is 39.8 Å². The van der Waals surface area contributed by atoms with E-state index in [1.165, 1.54) is 0 Å². The highest BCUT2D eigenvalue weighted by atomic mass is 79.9. The van der Waals surface area contributed by atoms with E-state index < -0.39 is 0 Å². The molecule has 0 atom stereocenters. The fourth-order valence-corrected chi connectivity index (χ4v) is 3.38. The Bertz CT molecular complexity index is 771. The maximum absolute atomic E-state index is 12.5. The number of rotatable bonds is 3. The minimum absolute atomic E-state index is 0.0113. The van der Waals surface area contributed by atoms with Crippen LogP contribution >= 0.6 is 27.5 Å². The van der Waals surface area contributed by atoms with Crippen molar-refractivity contribution >= 4 is 45.0 Å². The van der Waals surface area contributed by atoms with E-state index in [0.717, 1.165) is 10.2 Å². The molecule has 0 bridgehead atoms. The molecule has 2 amide bonds. The summed E-state index contributed by atoms with van der Waals surface area (Å²) in [6.45, 7) is 1.15. The molecule has 1 aliphatic rings. The lowest BCUT2D eigenvalue weighted by atomic mass is 9.95. The summed E-state index contributed by atoms with van der Waals surface area (Å²) in [5.41, 5.74) is 1.37. The maximum Gasteiger partial charge on any atom is 0.253 e. The number of hydrogen-bond donors (Lipinski definition) is 1. The molecular weight excluding hydrogens is 404 g/mol. The van der Waals surface area contributed by atoms with Gasteiger partial charge in [-0.15, -0.1) is 0 Å². The number of halogens is 2. The van der Waals surface area contributed by atoms with Crippen LogP contribution in [-0.2, 0) is 4.79 Å². The highest BCUT2D eigenvalue weighted by Gasteiger charge is 2.27. The number of carbonyl (C=O) groups excluding carboxylic acids is 2. The number of likely N-dealkylation sites (tertiary alicyclic amines) is 1. The van der Waals surface area contributed by atoms with Gasteiger partial charge in [0.05, 0.1) is 0 Å². The first-order valence-corrected chi connectivity index (χ1v) is 9.31. The van der Waals surface area contributed by atoms with Crippen LogP contribution in [0.5, 0.6) is 0 Å². The second-order valence-corrected chi connectivity index (χ2v) is 7.43. The Morgan fingerprint density at radius 3 is 2.40 bits per heavy atom. The number of hydrogen-bond acceptors (Lipinski definition) is 2. The molecule has 0 saturated carbocycles. The SMILES string of the molecule is O=C(Nc1ccc(Br)cc1)C1CCN(C(=O)c2cccc(Cl)c2)CC1. The van der Waals surface area contributed by atoms with Crippen molar-refractivity contribution in [3.8, 4) is 0 Å². The van der Waals surface area contributed by atoms with Crippen molar-refractivity contribution < 1.29 is 9.59 Å². The summed E-state index contributed by atoms with van der Waals surface area (Å²) in [5, 5.41) is 3.49. The number of benzene rings is 2. The predicted octanol–water partition coefficient (Wildman–Crippen LogP) is 4.59. The molecule has 2 aromatic rings. The first kappa shape index (κ1) is 18.0. The molecule has 0 unspecified atom stereocenters. The van der Waals surface area contributed by atoms with Gasteiger partial charge in [-0.2, -0.15) is 0 Å². The summed E-state index contributed by atoms with van der Waals surface area (Å²) in [6, 6.07) is 14.5. The highest BCUT2D eigenvalue weighted by Crippen LogP contribution is 2.22. The molecule has 1 aliphatic heterocycles. The Morgan fingerprint density at radius 1 is 1.08 bits per heavy atom. The zero-order valence-electron chi connectivity index (χ0n) is 13.5. The summed E-state index contributed by atoms with van der Waals surface area (Å²) in [6.07, 6.45) is 1.32. The van der Waals surface area contributed by atoms with Crippen molar-refractivity contribution in [3.63, 3.8) is 0 Å². The summed E-state index contributed by atoms with van der Waals surface area (Å²) < 4.78 is 0.971. The van der Waals surface area contributed by atoms with Crippen molar-refractivity contribution in [3.05, 3.63) is 63.6 Å². The Balaban J connectivity index is 1.55. The molecule has 6 heteroatoms. The fourth-order valence-electron chi connectivity index (χ4n) is 2.93. The Labute approximate surface area is 160 Å². The minimum atomic E-state index is -0.0768. The van der Waals surface area contributed by atoms with Crippen LogP contribution in [0.1, 0.15) is 23.2 Å². The van der Waals surface area contributed by atoms with E-state index in [4.69, 9.17) is 11.6 Å². The molecule has 1 N–H and O–H groups in total. The number of nitrogens with zero attached hydrogens (tertiary/aromatic N) is 1. The van der Waals surface area contributed by atoms with Crippen LogP contribution in [0.3, 0.4) is 0 Å².